The van der Waals surface area contributed by atoms with Gasteiger partial charge in [-0.1, -0.05) is 7.43 Å². The third kappa shape index (κ3) is 1.99. The fraction of sp³-hybridized carbons (Fsp3) is 0.778. The zero-order chi connectivity index (χ0) is 9.52. The van der Waals surface area contributed by atoms with Gasteiger partial charge in [0, 0.05) is 5.54 Å². The first kappa shape index (κ1) is 11.9. The summed E-state index contributed by atoms with van der Waals surface area (Å²) in [5.41, 5.74) is -0.296. The second-order valence-corrected chi connectivity index (χ2v) is 4.01. The first-order valence-corrected chi connectivity index (χ1v) is 3.98. The number of hydrogen-bond acceptors (Lipinski definition) is 2. The van der Waals surface area contributed by atoms with Crippen LogP contribution in [-0.4, -0.2) is 28.4 Å². The maximum Gasteiger partial charge on any atom is 0.325 e. The smallest absolute Gasteiger partial charge is 0.308 e. The summed E-state index contributed by atoms with van der Waals surface area (Å²) in [7, 11) is 0. The van der Waals surface area contributed by atoms with Gasteiger partial charge in [0.2, 0.25) is 0 Å². The molecule has 1 heterocycles. The number of hydrogen-bond donors (Lipinski definition) is 1. The van der Waals surface area contributed by atoms with Gasteiger partial charge in [-0.2, -0.15) is 0 Å². The molecule has 1 aliphatic rings. The minimum Gasteiger partial charge on any atom is -0.308 e. The molecule has 1 unspecified atom stereocenters. The Morgan fingerprint density at radius 2 is 1.77 bits per heavy atom. The molecule has 76 valence electrons. The van der Waals surface area contributed by atoms with Crippen LogP contribution in [0.15, 0.2) is 0 Å². The van der Waals surface area contributed by atoms with E-state index >= 15 is 0 Å². The molecule has 4 nitrogen and oxygen atoms in total. The van der Waals surface area contributed by atoms with E-state index in [0.29, 0.717) is 0 Å². The van der Waals surface area contributed by atoms with E-state index in [4.69, 9.17) is 0 Å². The zero-order valence-electron chi connectivity index (χ0n) is 7.84. The Labute approximate surface area is 79.3 Å². The van der Waals surface area contributed by atoms with Gasteiger partial charge in [0.15, 0.2) is 0 Å². The molecule has 1 rings (SSSR count). The minimum absolute atomic E-state index is 0. The van der Waals surface area contributed by atoms with Crippen molar-refractivity contribution in [3.8, 4) is 0 Å². The Balaban J connectivity index is 0.00000144. The maximum absolute atomic E-state index is 11.2. The lowest BCUT2D eigenvalue weighted by Crippen LogP contribution is -2.47. The molecule has 0 bridgehead atoms. The van der Waals surface area contributed by atoms with Crippen molar-refractivity contribution in [2.45, 2.75) is 46.7 Å². The Hall–Kier alpha value is -1.06. The normalized spacial score (nSPS) is 22.8. The van der Waals surface area contributed by atoms with Crippen LogP contribution < -0.4 is 5.32 Å². The molecule has 0 spiro atoms. The Morgan fingerprint density at radius 3 is 1.92 bits per heavy atom. The summed E-state index contributed by atoms with van der Waals surface area (Å²) < 4.78 is 0. The van der Waals surface area contributed by atoms with Gasteiger partial charge >= 0.3 is 6.03 Å². The van der Waals surface area contributed by atoms with Gasteiger partial charge in [-0.15, -0.1) is 0 Å². The van der Waals surface area contributed by atoms with Crippen LogP contribution in [0.2, 0.25) is 0 Å². The number of nitrogens with zero attached hydrogens (tertiary/aromatic N) is 1. The lowest BCUT2D eigenvalue weighted by Gasteiger charge is -2.33. The number of amides is 3. The summed E-state index contributed by atoms with van der Waals surface area (Å²) >= 11 is 0. The number of carbonyl (C=O) groups excluding carboxylic acids is 2. The highest BCUT2D eigenvalue weighted by atomic mass is 16.2. The number of urea groups is 1. The molecule has 0 aromatic rings. The number of rotatable bonds is 0. The molecule has 3 amide bonds. The first-order chi connectivity index (χ1) is 5.34. The molecule has 13 heavy (non-hydrogen) atoms. The van der Waals surface area contributed by atoms with E-state index in [1.807, 2.05) is 20.8 Å². The molecule has 0 saturated carbocycles. The van der Waals surface area contributed by atoms with Crippen LogP contribution in [0.25, 0.3) is 0 Å². The van der Waals surface area contributed by atoms with Crippen LogP contribution in [0.5, 0.6) is 0 Å². The topological polar surface area (TPSA) is 49.4 Å². The predicted octanol–water partition coefficient (Wildman–Crippen LogP) is 1.36. The average Bonchev–Trinajstić information content (AvgIpc) is 2.05. The van der Waals surface area contributed by atoms with Crippen molar-refractivity contribution < 1.29 is 9.59 Å². The largest absolute Gasteiger partial charge is 0.325 e. The highest BCUT2D eigenvalue weighted by Gasteiger charge is 2.41. The number of imide groups is 1. The van der Waals surface area contributed by atoms with Crippen molar-refractivity contribution in [2.75, 3.05) is 0 Å². The molecule has 4 heteroatoms. The summed E-state index contributed by atoms with van der Waals surface area (Å²) in [6, 6.07) is -0.641. The van der Waals surface area contributed by atoms with Gasteiger partial charge < -0.3 is 4.90 Å². The van der Waals surface area contributed by atoms with E-state index in [0.717, 1.165) is 0 Å². The lowest BCUT2D eigenvalue weighted by atomic mass is 10.1. The fourth-order valence-electron chi connectivity index (χ4n) is 1.45. The molecule has 1 fully saturated rings. The van der Waals surface area contributed by atoms with Gasteiger partial charge in [-0.25, -0.2) is 4.79 Å². The first-order valence-electron chi connectivity index (χ1n) is 3.98. The molecule has 0 aliphatic carbocycles. The maximum atomic E-state index is 11.2. The van der Waals surface area contributed by atoms with E-state index in [-0.39, 0.29) is 30.9 Å². The van der Waals surface area contributed by atoms with Crippen LogP contribution >= 0.6 is 0 Å². The quantitative estimate of drug-likeness (QED) is 0.581. The SMILES string of the molecule is C.CC1C(=O)NC(=O)N1C(C)(C)C. The third-order valence-electron chi connectivity index (χ3n) is 1.94. The molecule has 0 aromatic carbocycles. The van der Waals surface area contributed by atoms with Gasteiger partial charge in [0.05, 0.1) is 0 Å². The lowest BCUT2D eigenvalue weighted by molar-refractivity contribution is -0.121. The standard InChI is InChI=1S/C8H14N2O2.CH4/c1-5-6(11)9-7(12)10(5)8(2,3)4;/h5H,1-4H3,(H,9,11,12);1H4. The van der Waals surface area contributed by atoms with Crippen LogP contribution in [0.1, 0.15) is 35.1 Å². The number of nitrogens with one attached hydrogen (secondary N) is 1. The molecule has 1 atom stereocenters. The van der Waals surface area contributed by atoms with Gasteiger partial charge in [0.1, 0.15) is 6.04 Å². The van der Waals surface area contributed by atoms with E-state index < -0.39 is 0 Å². The second kappa shape index (κ2) is 3.36. The average molecular weight is 186 g/mol. The summed E-state index contributed by atoms with van der Waals surface area (Å²) in [5.74, 6) is -0.213. The number of carbonyl (C=O) groups is 2. The van der Waals surface area contributed by atoms with Crippen LogP contribution in [0, 0.1) is 0 Å². The van der Waals surface area contributed by atoms with E-state index in [2.05, 4.69) is 5.32 Å². The van der Waals surface area contributed by atoms with Crippen molar-refractivity contribution in [3.63, 3.8) is 0 Å². The van der Waals surface area contributed by atoms with E-state index in [1.165, 1.54) is 0 Å². The van der Waals surface area contributed by atoms with Crippen molar-refractivity contribution >= 4 is 11.9 Å². The van der Waals surface area contributed by atoms with Crippen molar-refractivity contribution in [1.29, 1.82) is 0 Å². The summed E-state index contributed by atoms with van der Waals surface area (Å²) in [6.45, 7) is 7.44. The summed E-state index contributed by atoms with van der Waals surface area (Å²) in [5, 5.41) is 2.27. The molecule has 1 aliphatic heterocycles. The highest BCUT2D eigenvalue weighted by Crippen LogP contribution is 2.20. The minimum atomic E-state index is -0.350. The summed E-state index contributed by atoms with van der Waals surface area (Å²) in [4.78, 5) is 23.9. The van der Waals surface area contributed by atoms with Crippen molar-refractivity contribution in [1.82, 2.24) is 10.2 Å². The summed E-state index contributed by atoms with van der Waals surface area (Å²) in [6.07, 6.45) is 0. The Kier molecular flexibility index (Phi) is 3.08. The van der Waals surface area contributed by atoms with Crippen LogP contribution in [-0.2, 0) is 4.79 Å². The molecular formula is C9H18N2O2. The van der Waals surface area contributed by atoms with Gasteiger partial charge in [-0.05, 0) is 27.7 Å². The predicted molar refractivity (Wildman–Crippen MR) is 51.3 cm³/mol. The van der Waals surface area contributed by atoms with Gasteiger partial charge in [-0.3, -0.25) is 10.1 Å². The van der Waals surface area contributed by atoms with Crippen LogP contribution in [0.4, 0.5) is 4.79 Å². The molecule has 1 saturated heterocycles. The zero-order valence-corrected chi connectivity index (χ0v) is 7.84. The highest BCUT2D eigenvalue weighted by molar-refractivity contribution is 6.04. The van der Waals surface area contributed by atoms with Crippen molar-refractivity contribution in [3.05, 3.63) is 0 Å². The van der Waals surface area contributed by atoms with Crippen LogP contribution in [0.3, 0.4) is 0 Å². The Bertz CT molecular complexity index is 230. The molecule has 1 N–H and O–H groups in total. The molecule has 0 radical (unpaired) electrons. The van der Waals surface area contributed by atoms with Crippen molar-refractivity contribution in [2.24, 2.45) is 0 Å². The van der Waals surface area contributed by atoms with Gasteiger partial charge in [0.25, 0.3) is 5.91 Å². The Morgan fingerprint density at radius 1 is 1.31 bits per heavy atom. The molecular weight excluding hydrogens is 168 g/mol. The molecule has 0 aromatic heterocycles. The monoisotopic (exact) mass is 186 g/mol. The fourth-order valence-corrected chi connectivity index (χ4v) is 1.45. The third-order valence-corrected chi connectivity index (χ3v) is 1.94. The second-order valence-electron chi connectivity index (χ2n) is 4.01. The van der Waals surface area contributed by atoms with E-state index in [9.17, 15) is 9.59 Å². The van der Waals surface area contributed by atoms with E-state index in [1.54, 1.807) is 11.8 Å².